The SMILES string of the molecule is N#Cc1cccc(OCCn2ccnc2[C@@H](O)c2ccc(F)cc2)c1. The first-order valence-electron chi connectivity index (χ1n) is 7.75. The second-order valence-electron chi connectivity index (χ2n) is 5.42. The second kappa shape index (κ2) is 7.60. The summed E-state index contributed by atoms with van der Waals surface area (Å²) in [5.41, 5.74) is 1.10. The number of hydrogen-bond donors (Lipinski definition) is 1. The zero-order valence-corrected chi connectivity index (χ0v) is 13.3. The van der Waals surface area contributed by atoms with Crippen molar-refractivity contribution in [2.24, 2.45) is 0 Å². The van der Waals surface area contributed by atoms with Gasteiger partial charge in [0, 0.05) is 12.4 Å². The van der Waals surface area contributed by atoms with E-state index in [1.165, 1.54) is 24.3 Å². The maximum absolute atomic E-state index is 13.0. The third kappa shape index (κ3) is 4.03. The molecule has 1 atom stereocenters. The fourth-order valence-electron chi connectivity index (χ4n) is 2.47. The van der Waals surface area contributed by atoms with Crippen LogP contribution < -0.4 is 4.74 Å². The Labute approximate surface area is 144 Å². The Morgan fingerprint density at radius 1 is 1.24 bits per heavy atom. The number of nitriles is 1. The Kier molecular flexibility index (Phi) is 5.07. The van der Waals surface area contributed by atoms with E-state index in [1.54, 1.807) is 41.2 Å². The Bertz CT molecular complexity index is 884. The number of aromatic nitrogens is 2. The van der Waals surface area contributed by atoms with E-state index in [-0.39, 0.29) is 5.82 Å². The van der Waals surface area contributed by atoms with E-state index >= 15 is 0 Å². The average molecular weight is 337 g/mol. The lowest BCUT2D eigenvalue weighted by atomic mass is 10.1. The second-order valence-corrected chi connectivity index (χ2v) is 5.42. The van der Waals surface area contributed by atoms with Crippen LogP contribution in [0.5, 0.6) is 5.75 Å². The minimum atomic E-state index is -0.947. The van der Waals surface area contributed by atoms with E-state index < -0.39 is 6.10 Å². The first-order valence-corrected chi connectivity index (χ1v) is 7.75. The normalized spacial score (nSPS) is 11.7. The van der Waals surface area contributed by atoms with Gasteiger partial charge in [-0.25, -0.2) is 9.37 Å². The molecule has 1 heterocycles. The standard InChI is InChI=1S/C19H16FN3O2/c20-16-6-4-15(5-7-16)18(24)19-22-8-9-23(19)10-11-25-17-3-1-2-14(12-17)13-21/h1-9,12,18,24H,10-11H2/t18-/m0/s1. The highest BCUT2D eigenvalue weighted by atomic mass is 19.1. The lowest BCUT2D eigenvalue weighted by Crippen LogP contribution is -2.14. The van der Waals surface area contributed by atoms with E-state index in [9.17, 15) is 9.50 Å². The van der Waals surface area contributed by atoms with E-state index in [0.717, 1.165) is 0 Å². The van der Waals surface area contributed by atoms with Crippen molar-refractivity contribution in [2.45, 2.75) is 12.6 Å². The molecule has 3 aromatic rings. The van der Waals surface area contributed by atoms with E-state index in [4.69, 9.17) is 10.00 Å². The molecular weight excluding hydrogens is 321 g/mol. The first-order chi connectivity index (χ1) is 12.2. The highest BCUT2D eigenvalue weighted by molar-refractivity contribution is 5.36. The number of hydrogen-bond acceptors (Lipinski definition) is 4. The molecule has 25 heavy (non-hydrogen) atoms. The van der Waals surface area contributed by atoms with Gasteiger partial charge in [-0.3, -0.25) is 0 Å². The molecule has 1 aromatic heterocycles. The molecule has 0 amide bonds. The third-order valence-corrected chi connectivity index (χ3v) is 3.74. The molecule has 126 valence electrons. The highest BCUT2D eigenvalue weighted by Gasteiger charge is 2.16. The largest absolute Gasteiger partial charge is 0.492 e. The highest BCUT2D eigenvalue weighted by Crippen LogP contribution is 2.21. The van der Waals surface area contributed by atoms with Crippen LogP contribution in [0.1, 0.15) is 23.1 Å². The van der Waals surface area contributed by atoms with Crippen molar-refractivity contribution in [2.75, 3.05) is 6.61 Å². The number of rotatable bonds is 6. The van der Waals surface area contributed by atoms with Crippen LogP contribution in [0, 0.1) is 17.1 Å². The molecule has 0 saturated carbocycles. The first kappa shape index (κ1) is 16.7. The van der Waals surface area contributed by atoms with Crippen LogP contribution in [0.2, 0.25) is 0 Å². The summed E-state index contributed by atoms with van der Waals surface area (Å²) in [7, 11) is 0. The van der Waals surface area contributed by atoms with Gasteiger partial charge in [0.05, 0.1) is 18.2 Å². The van der Waals surface area contributed by atoms with Crippen LogP contribution in [-0.4, -0.2) is 21.3 Å². The minimum absolute atomic E-state index is 0.354. The van der Waals surface area contributed by atoms with Gasteiger partial charge in [-0.05, 0) is 35.9 Å². The van der Waals surface area contributed by atoms with Crippen molar-refractivity contribution < 1.29 is 14.2 Å². The molecule has 0 fully saturated rings. The summed E-state index contributed by atoms with van der Waals surface area (Å²) in [6.45, 7) is 0.832. The average Bonchev–Trinajstić information content (AvgIpc) is 3.10. The van der Waals surface area contributed by atoms with Crippen LogP contribution in [0.25, 0.3) is 0 Å². The molecule has 0 saturated heterocycles. The zero-order chi connectivity index (χ0) is 17.6. The number of ether oxygens (including phenoxy) is 1. The van der Waals surface area contributed by atoms with Crippen molar-refractivity contribution in [1.29, 1.82) is 5.26 Å². The Morgan fingerprint density at radius 3 is 2.80 bits per heavy atom. The molecule has 0 unspecified atom stereocenters. The van der Waals surface area contributed by atoms with Gasteiger partial charge < -0.3 is 14.4 Å². The van der Waals surface area contributed by atoms with Gasteiger partial charge in [0.25, 0.3) is 0 Å². The van der Waals surface area contributed by atoms with E-state index in [0.29, 0.717) is 35.9 Å². The van der Waals surface area contributed by atoms with Crippen molar-refractivity contribution in [3.8, 4) is 11.8 Å². The number of benzene rings is 2. The van der Waals surface area contributed by atoms with E-state index in [2.05, 4.69) is 11.1 Å². The molecule has 0 aliphatic heterocycles. The summed E-state index contributed by atoms with van der Waals surface area (Å²) in [4.78, 5) is 4.19. The summed E-state index contributed by atoms with van der Waals surface area (Å²) in [5.74, 6) is 0.716. The van der Waals surface area contributed by atoms with Gasteiger partial charge in [0.2, 0.25) is 0 Å². The molecule has 1 N–H and O–H groups in total. The molecule has 3 rings (SSSR count). The maximum Gasteiger partial charge on any atom is 0.142 e. The summed E-state index contributed by atoms with van der Waals surface area (Å²) >= 11 is 0. The molecule has 0 aliphatic rings. The minimum Gasteiger partial charge on any atom is -0.492 e. The fourth-order valence-corrected chi connectivity index (χ4v) is 2.47. The lowest BCUT2D eigenvalue weighted by molar-refractivity contribution is 0.200. The summed E-state index contributed by atoms with van der Waals surface area (Å²) in [5, 5.41) is 19.3. The topological polar surface area (TPSA) is 71.1 Å². The predicted octanol–water partition coefficient (Wildman–Crippen LogP) is 3.05. The third-order valence-electron chi connectivity index (χ3n) is 3.74. The van der Waals surface area contributed by atoms with Gasteiger partial charge in [-0.15, -0.1) is 0 Å². The molecular formula is C19H16FN3O2. The summed E-state index contributed by atoms with van der Waals surface area (Å²) < 4.78 is 20.4. The number of aliphatic hydroxyl groups excluding tert-OH is 1. The molecule has 0 bridgehead atoms. The Balaban J connectivity index is 1.65. The van der Waals surface area contributed by atoms with Crippen LogP contribution >= 0.6 is 0 Å². The summed E-state index contributed by atoms with van der Waals surface area (Å²) in [6, 6.07) is 14.6. The van der Waals surface area contributed by atoms with Gasteiger partial charge in [-0.2, -0.15) is 5.26 Å². The number of nitrogens with zero attached hydrogens (tertiary/aromatic N) is 3. The Morgan fingerprint density at radius 2 is 2.04 bits per heavy atom. The van der Waals surface area contributed by atoms with Crippen LogP contribution in [0.15, 0.2) is 60.9 Å². The van der Waals surface area contributed by atoms with Gasteiger partial charge in [0.15, 0.2) is 0 Å². The lowest BCUT2D eigenvalue weighted by Gasteiger charge is -2.14. The molecule has 0 radical (unpaired) electrons. The smallest absolute Gasteiger partial charge is 0.142 e. The quantitative estimate of drug-likeness (QED) is 0.750. The zero-order valence-electron chi connectivity index (χ0n) is 13.3. The van der Waals surface area contributed by atoms with Gasteiger partial charge >= 0.3 is 0 Å². The molecule has 5 nitrogen and oxygen atoms in total. The van der Waals surface area contributed by atoms with Crippen molar-refractivity contribution in [3.05, 3.63) is 83.7 Å². The number of aliphatic hydroxyl groups is 1. The molecule has 0 spiro atoms. The Hall–Kier alpha value is -3.17. The van der Waals surface area contributed by atoms with Crippen LogP contribution in [-0.2, 0) is 6.54 Å². The summed E-state index contributed by atoms with van der Waals surface area (Å²) in [6.07, 6.45) is 2.40. The van der Waals surface area contributed by atoms with Crippen molar-refractivity contribution in [3.63, 3.8) is 0 Å². The van der Waals surface area contributed by atoms with Crippen LogP contribution in [0.3, 0.4) is 0 Å². The maximum atomic E-state index is 13.0. The number of imidazole rings is 1. The molecule has 0 aliphatic carbocycles. The van der Waals surface area contributed by atoms with Gasteiger partial charge in [-0.1, -0.05) is 18.2 Å². The molecule has 6 heteroatoms. The number of halogens is 1. The van der Waals surface area contributed by atoms with Crippen molar-refractivity contribution in [1.82, 2.24) is 9.55 Å². The monoisotopic (exact) mass is 337 g/mol. The van der Waals surface area contributed by atoms with E-state index in [1.807, 2.05) is 0 Å². The van der Waals surface area contributed by atoms with Crippen LogP contribution in [0.4, 0.5) is 4.39 Å². The van der Waals surface area contributed by atoms with Crippen molar-refractivity contribution >= 4 is 0 Å². The fraction of sp³-hybridized carbons (Fsp3) is 0.158. The van der Waals surface area contributed by atoms with Gasteiger partial charge in [0.1, 0.15) is 30.1 Å². The molecule has 2 aromatic carbocycles. The predicted molar refractivity (Wildman–Crippen MR) is 89.3 cm³/mol.